The minimum atomic E-state index is -0.129. The third kappa shape index (κ3) is 4.05. The third-order valence-electron chi connectivity index (χ3n) is 4.10. The van der Waals surface area contributed by atoms with E-state index < -0.39 is 0 Å². The summed E-state index contributed by atoms with van der Waals surface area (Å²) in [4.78, 5) is 21.1. The Kier molecular flexibility index (Phi) is 5.34. The largest absolute Gasteiger partial charge is 0.352 e. The van der Waals surface area contributed by atoms with Gasteiger partial charge in [0.05, 0.1) is 23.0 Å². The zero-order chi connectivity index (χ0) is 19.6. The van der Waals surface area contributed by atoms with Gasteiger partial charge in [-0.25, -0.2) is 9.67 Å². The zero-order valence-corrected chi connectivity index (χ0v) is 16.2. The Bertz CT molecular complexity index is 924. The molecule has 27 heavy (non-hydrogen) atoms. The summed E-state index contributed by atoms with van der Waals surface area (Å²) in [5, 5.41) is 11.2. The van der Waals surface area contributed by atoms with Gasteiger partial charge in [0.15, 0.2) is 11.6 Å². The molecular formula is C19H24N6O2. The summed E-state index contributed by atoms with van der Waals surface area (Å²) in [6, 6.07) is 3.66. The molecule has 3 heterocycles. The summed E-state index contributed by atoms with van der Waals surface area (Å²) in [7, 11) is 0. The van der Waals surface area contributed by atoms with Gasteiger partial charge >= 0.3 is 0 Å². The van der Waals surface area contributed by atoms with Crippen LogP contribution in [0, 0.1) is 12.8 Å². The lowest BCUT2D eigenvalue weighted by molar-refractivity contribution is 0.0948. The molecule has 0 saturated carbocycles. The Labute approximate surface area is 158 Å². The molecule has 0 fully saturated rings. The van der Waals surface area contributed by atoms with Crippen molar-refractivity contribution in [3.05, 3.63) is 41.6 Å². The van der Waals surface area contributed by atoms with Gasteiger partial charge in [-0.1, -0.05) is 32.9 Å². The molecular weight excluding hydrogens is 344 g/mol. The molecule has 3 aromatic heterocycles. The Morgan fingerprint density at radius 3 is 2.59 bits per heavy atom. The average Bonchev–Trinajstić information content (AvgIpc) is 3.27. The van der Waals surface area contributed by atoms with Crippen molar-refractivity contribution in [3.8, 4) is 17.3 Å². The van der Waals surface area contributed by atoms with E-state index in [0.717, 1.165) is 11.3 Å². The van der Waals surface area contributed by atoms with Crippen LogP contribution in [-0.4, -0.2) is 37.4 Å². The van der Waals surface area contributed by atoms with Crippen molar-refractivity contribution < 1.29 is 9.32 Å². The molecule has 0 aliphatic carbocycles. The van der Waals surface area contributed by atoms with Crippen molar-refractivity contribution in [2.24, 2.45) is 5.92 Å². The van der Waals surface area contributed by atoms with Gasteiger partial charge in [0, 0.05) is 18.7 Å². The van der Waals surface area contributed by atoms with Gasteiger partial charge in [-0.3, -0.25) is 4.79 Å². The summed E-state index contributed by atoms with van der Waals surface area (Å²) in [5.74, 6) is 2.16. The standard InChI is InChI=1S/C19H24N6O2/c1-11(2)8-21-18(26)15-10-22-25(13(15)5)16-7-6-14(9-20-16)19-23-17(12(3)4)24-27-19/h6-7,9-12H,8H2,1-5H3,(H,21,26). The monoisotopic (exact) mass is 368 g/mol. The lowest BCUT2D eigenvalue weighted by atomic mass is 10.2. The van der Waals surface area contributed by atoms with E-state index in [1.807, 2.05) is 32.9 Å². The highest BCUT2D eigenvalue weighted by atomic mass is 16.5. The molecule has 8 nitrogen and oxygen atoms in total. The van der Waals surface area contributed by atoms with Gasteiger partial charge in [0.25, 0.3) is 11.8 Å². The molecule has 3 rings (SSSR count). The number of amides is 1. The maximum Gasteiger partial charge on any atom is 0.259 e. The highest BCUT2D eigenvalue weighted by Crippen LogP contribution is 2.20. The Morgan fingerprint density at radius 2 is 2.00 bits per heavy atom. The van der Waals surface area contributed by atoms with Crippen molar-refractivity contribution in [1.82, 2.24) is 30.2 Å². The van der Waals surface area contributed by atoms with E-state index in [4.69, 9.17) is 4.52 Å². The number of rotatable bonds is 6. The van der Waals surface area contributed by atoms with Crippen LogP contribution in [0.1, 0.15) is 55.5 Å². The number of hydrogen-bond acceptors (Lipinski definition) is 6. The van der Waals surface area contributed by atoms with Crippen LogP contribution in [0.2, 0.25) is 0 Å². The summed E-state index contributed by atoms with van der Waals surface area (Å²) < 4.78 is 6.93. The number of hydrogen-bond donors (Lipinski definition) is 1. The predicted molar refractivity (Wildman–Crippen MR) is 101 cm³/mol. The van der Waals surface area contributed by atoms with Gasteiger partial charge < -0.3 is 9.84 Å². The molecule has 1 N–H and O–H groups in total. The van der Waals surface area contributed by atoms with Crippen LogP contribution in [-0.2, 0) is 0 Å². The van der Waals surface area contributed by atoms with Crippen LogP contribution >= 0.6 is 0 Å². The van der Waals surface area contributed by atoms with Crippen LogP contribution in [0.4, 0.5) is 0 Å². The van der Waals surface area contributed by atoms with Crippen molar-refractivity contribution in [2.45, 2.75) is 40.5 Å². The Hall–Kier alpha value is -3.03. The fourth-order valence-corrected chi connectivity index (χ4v) is 2.48. The molecule has 1 amide bonds. The normalized spacial score (nSPS) is 11.4. The highest BCUT2D eigenvalue weighted by Gasteiger charge is 2.17. The van der Waals surface area contributed by atoms with E-state index in [1.165, 1.54) is 0 Å². The summed E-state index contributed by atoms with van der Waals surface area (Å²) in [6.07, 6.45) is 3.22. The number of aromatic nitrogens is 5. The van der Waals surface area contributed by atoms with Crippen LogP contribution in [0.3, 0.4) is 0 Å². The fourth-order valence-electron chi connectivity index (χ4n) is 2.48. The van der Waals surface area contributed by atoms with E-state index in [2.05, 4.69) is 39.4 Å². The van der Waals surface area contributed by atoms with Crippen molar-refractivity contribution in [2.75, 3.05) is 6.54 Å². The summed E-state index contributed by atoms with van der Waals surface area (Å²) in [5.41, 5.74) is 2.01. The fraction of sp³-hybridized carbons (Fsp3) is 0.421. The molecule has 0 saturated heterocycles. The molecule has 0 aromatic carbocycles. The summed E-state index contributed by atoms with van der Waals surface area (Å²) >= 11 is 0. The number of carbonyl (C=O) groups excluding carboxylic acids is 1. The SMILES string of the molecule is Cc1c(C(=O)NCC(C)C)cnn1-c1ccc(-c2nc(C(C)C)no2)cn1. The average molecular weight is 368 g/mol. The molecule has 0 aliphatic rings. The van der Waals surface area contributed by atoms with Crippen molar-refractivity contribution in [1.29, 1.82) is 0 Å². The van der Waals surface area contributed by atoms with E-state index >= 15 is 0 Å². The molecule has 0 spiro atoms. The van der Waals surface area contributed by atoms with Crippen LogP contribution in [0.15, 0.2) is 29.0 Å². The van der Waals surface area contributed by atoms with Gasteiger partial charge in [-0.05, 0) is 25.0 Å². The molecule has 8 heteroatoms. The third-order valence-corrected chi connectivity index (χ3v) is 4.10. The quantitative estimate of drug-likeness (QED) is 0.718. The first-order chi connectivity index (χ1) is 12.9. The number of nitrogens with one attached hydrogen (secondary N) is 1. The maximum atomic E-state index is 12.3. The Morgan fingerprint density at radius 1 is 1.22 bits per heavy atom. The smallest absolute Gasteiger partial charge is 0.259 e. The molecule has 0 atom stereocenters. The number of carbonyl (C=O) groups is 1. The number of nitrogens with zero attached hydrogens (tertiary/aromatic N) is 5. The highest BCUT2D eigenvalue weighted by molar-refractivity contribution is 5.95. The van der Waals surface area contributed by atoms with E-state index in [9.17, 15) is 4.79 Å². The predicted octanol–water partition coefficient (Wildman–Crippen LogP) is 3.13. The van der Waals surface area contributed by atoms with Crippen LogP contribution in [0.5, 0.6) is 0 Å². The lowest BCUT2D eigenvalue weighted by Crippen LogP contribution is -2.27. The second kappa shape index (κ2) is 7.69. The van der Waals surface area contributed by atoms with Gasteiger partial charge in [0.1, 0.15) is 0 Å². The van der Waals surface area contributed by atoms with Crippen LogP contribution in [0.25, 0.3) is 17.3 Å². The second-order valence-electron chi connectivity index (χ2n) is 7.18. The zero-order valence-electron chi connectivity index (χ0n) is 16.2. The lowest BCUT2D eigenvalue weighted by Gasteiger charge is -2.08. The molecule has 142 valence electrons. The van der Waals surface area contributed by atoms with E-state index in [0.29, 0.717) is 35.6 Å². The van der Waals surface area contributed by atoms with Gasteiger partial charge in [-0.15, -0.1) is 0 Å². The van der Waals surface area contributed by atoms with Crippen LogP contribution < -0.4 is 5.32 Å². The first-order valence-corrected chi connectivity index (χ1v) is 9.00. The Balaban J connectivity index is 1.80. The molecule has 0 radical (unpaired) electrons. The number of pyridine rings is 1. The minimum absolute atomic E-state index is 0.129. The van der Waals surface area contributed by atoms with E-state index in [-0.39, 0.29) is 11.8 Å². The molecule has 0 bridgehead atoms. The van der Waals surface area contributed by atoms with Gasteiger partial charge in [-0.2, -0.15) is 10.1 Å². The molecule has 3 aromatic rings. The second-order valence-corrected chi connectivity index (χ2v) is 7.18. The maximum absolute atomic E-state index is 12.3. The first kappa shape index (κ1) is 18.8. The first-order valence-electron chi connectivity index (χ1n) is 9.00. The van der Waals surface area contributed by atoms with Crippen molar-refractivity contribution in [3.63, 3.8) is 0 Å². The minimum Gasteiger partial charge on any atom is -0.352 e. The van der Waals surface area contributed by atoms with E-state index in [1.54, 1.807) is 17.1 Å². The molecule has 0 unspecified atom stereocenters. The summed E-state index contributed by atoms with van der Waals surface area (Å²) in [6.45, 7) is 10.6. The molecule has 0 aliphatic heterocycles. The van der Waals surface area contributed by atoms with Crippen molar-refractivity contribution >= 4 is 5.91 Å². The topological polar surface area (TPSA) is 98.7 Å². The van der Waals surface area contributed by atoms with Gasteiger partial charge in [0.2, 0.25) is 0 Å².